The van der Waals surface area contributed by atoms with Crippen molar-refractivity contribution < 1.29 is 33.8 Å². The Morgan fingerprint density at radius 1 is 1.11 bits per heavy atom. The molecular formula is C28H35N2O6+. The highest BCUT2D eigenvalue weighted by atomic mass is 16.5. The third-order valence-corrected chi connectivity index (χ3v) is 7.15. The van der Waals surface area contributed by atoms with Gasteiger partial charge in [-0.25, -0.2) is 0 Å². The molecule has 8 heteroatoms. The highest BCUT2D eigenvalue weighted by Crippen LogP contribution is 2.44. The van der Waals surface area contributed by atoms with Gasteiger partial charge in [0.25, 0.3) is 11.7 Å². The zero-order valence-electron chi connectivity index (χ0n) is 21.6. The largest absolute Gasteiger partial charge is 0.507 e. The van der Waals surface area contributed by atoms with Gasteiger partial charge < -0.3 is 29.1 Å². The number of rotatable bonds is 9. The van der Waals surface area contributed by atoms with Crippen LogP contribution in [0.2, 0.25) is 0 Å². The number of benzene rings is 2. The molecule has 2 aromatic rings. The molecule has 0 aliphatic carbocycles. The van der Waals surface area contributed by atoms with Gasteiger partial charge in [0.2, 0.25) is 0 Å². The number of amides is 1. The van der Waals surface area contributed by atoms with Gasteiger partial charge in [0.15, 0.2) is 0 Å². The molecule has 4 rings (SSSR count). The Balaban J connectivity index is 1.84. The number of Topliss-reactive ketones (excluding diaryl/α,β-unsaturated/α-hetero) is 1. The zero-order chi connectivity index (χ0) is 26.0. The number of methoxy groups -OCH3 is 2. The molecule has 2 N–H and O–H groups in total. The fourth-order valence-electron chi connectivity index (χ4n) is 5.09. The predicted molar refractivity (Wildman–Crippen MR) is 136 cm³/mol. The molecule has 2 aliphatic heterocycles. The number of aliphatic hydroxyl groups excluding tert-OH is 1. The molecule has 1 fully saturated rings. The Morgan fingerprint density at radius 3 is 2.53 bits per heavy atom. The van der Waals surface area contributed by atoms with Gasteiger partial charge >= 0.3 is 0 Å². The second-order valence-corrected chi connectivity index (χ2v) is 9.26. The maximum absolute atomic E-state index is 13.4. The molecule has 0 aromatic heterocycles. The number of nitrogens with one attached hydrogen (secondary N) is 1. The SMILES string of the molecule is CC[NH+](CC)CCN1C(=O)C(=O)C(=C(O)c2ccc3c(c2)C[C@@H](C)O3)[C@@H]1c1ccc(OC)cc1OC. The van der Waals surface area contributed by atoms with Gasteiger partial charge in [-0.1, -0.05) is 0 Å². The van der Waals surface area contributed by atoms with E-state index in [1.165, 1.54) is 12.0 Å². The van der Waals surface area contributed by atoms with Gasteiger partial charge in [-0.15, -0.1) is 0 Å². The lowest BCUT2D eigenvalue weighted by Crippen LogP contribution is -3.12. The van der Waals surface area contributed by atoms with Crippen LogP contribution in [0.3, 0.4) is 0 Å². The van der Waals surface area contributed by atoms with E-state index in [9.17, 15) is 14.7 Å². The smallest absolute Gasteiger partial charge is 0.295 e. The molecular weight excluding hydrogens is 460 g/mol. The summed E-state index contributed by atoms with van der Waals surface area (Å²) >= 11 is 0. The van der Waals surface area contributed by atoms with Crippen LogP contribution in [0.1, 0.15) is 43.5 Å². The Labute approximate surface area is 212 Å². The first-order chi connectivity index (χ1) is 17.3. The normalized spacial score (nSPS) is 20.6. The number of nitrogens with zero attached hydrogens (tertiary/aromatic N) is 1. The monoisotopic (exact) mass is 495 g/mol. The number of ether oxygens (including phenoxy) is 3. The number of carbonyl (C=O) groups excluding carboxylic acids is 2. The third kappa shape index (κ3) is 4.65. The highest BCUT2D eigenvalue weighted by Gasteiger charge is 2.47. The lowest BCUT2D eigenvalue weighted by atomic mass is 9.93. The fraction of sp³-hybridized carbons (Fsp3) is 0.429. The van der Waals surface area contributed by atoms with Gasteiger partial charge in [-0.3, -0.25) is 9.59 Å². The molecule has 0 spiro atoms. The van der Waals surface area contributed by atoms with Gasteiger partial charge in [-0.05, 0) is 56.7 Å². The average molecular weight is 496 g/mol. The number of likely N-dealkylation sites (N-methyl/N-ethyl adjacent to an activating group) is 1. The number of likely N-dealkylation sites (tertiary alicyclic amines) is 1. The third-order valence-electron chi connectivity index (χ3n) is 7.15. The van der Waals surface area contributed by atoms with Crippen molar-refractivity contribution in [2.24, 2.45) is 0 Å². The molecule has 192 valence electrons. The minimum absolute atomic E-state index is 0.0501. The van der Waals surface area contributed by atoms with Gasteiger partial charge in [-0.2, -0.15) is 0 Å². The molecule has 1 saturated heterocycles. The summed E-state index contributed by atoms with van der Waals surface area (Å²) in [5, 5.41) is 11.5. The van der Waals surface area contributed by atoms with Crippen molar-refractivity contribution in [3.63, 3.8) is 0 Å². The Bertz CT molecular complexity index is 1190. The molecule has 36 heavy (non-hydrogen) atoms. The van der Waals surface area contributed by atoms with E-state index in [-0.39, 0.29) is 17.4 Å². The number of aliphatic hydroxyl groups is 1. The minimum Gasteiger partial charge on any atom is -0.507 e. The fourth-order valence-corrected chi connectivity index (χ4v) is 5.09. The van der Waals surface area contributed by atoms with Crippen molar-refractivity contribution in [3.05, 3.63) is 58.7 Å². The summed E-state index contributed by atoms with van der Waals surface area (Å²) in [5.74, 6) is 0.321. The van der Waals surface area contributed by atoms with Crippen LogP contribution < -0.4 is 19.1 Å². The van der Waals surface area contributed by atoms with E-state index >= 15 is 0 Å². The first-order valence-electron chi connectivity index (χ1n) is 12.5. The van der Waals surface area contributed by atoms with Crippen LogP contribution in [-0.4, -0.2) is 68.2 Å². The van der Waals surface area contributed by atoms with Crippen molar-refractivity contribution >= 4 is 17.4 Å². The molecule has 2 heterocycles. The van der Waals surface area contributed by atoms with E-state index in [0.29, 0.717) is 42.1 Å². The summed E-state index contributed by atoms with van der Waals surface area (Å²) in [6, 6.07) is 9.85. The van der Waals surface area contributed by atoms with Gasteiger partial charge in [0.1, 0.15) is 29.1 Å². The van der Waals surface area contributed by atoms with Crippen LogP contribution >= 0.6 is 0 Å². The Morgan fingerprint density at radius 2 is 1.86 bits per heavy atom. The van der Waals surface area contributed by atoms with E-state index in [4.69, 9.17) is 14.2 Å². The van der Waals surface area contributed by atoms with Crippen molar-refractivity contribution in [1.82, 2.24) is 4.90 Å². The van der Waals surface area contributed by atoms with E-state index in [1.807, 2.05) is 13.0 Å². The second kappa shape index (κ2) is 10.6. The van der Waals surface area contributed by atoms with E-state index in [2.05, 4.69) is 13.8 Å². The van der Waals surface area contributed by atoms with E-state index < -0.39 is 17.7 Å². The lowest BCUT2D eigenvalue weighted by Gasteiger charge is -2.28. The van der Waals surface area contributed by atoms with E-state index in [0.717, 1.165) is 24.4 Å². The number of hydrogen-bond acceptors (Lipinski definition) is 6. The van der Waals surface area contributed by atoms with Crippen LogP contribution in [-0.2, 0) is 16.0 Å². The molecule has 2 aromatic carbocycles. The molecule has 0 saturated carbocycles. The van der Waals surface area contributed by atoms with Gasteiger partial charge in [0.05, 0.1) is 52.0 Å². The number of hydrogen-bond donors (Lipinski definition) is 2. The molecule has 1 amide bonds. The lowest BCUT2D eigenvalue weighted by molar-refractivity contribution is -0.895. The number of carbonyl (C=O) groups is 2. The number of ketones is 1. The molecule has 8 nitrogen and oxygen atoms in total. The summed E-state index contributed by atoms with van der Waals surface area (Å²) in [7, 11) is 3.10. The minimum atomic E-state index is -0.788. The molecule has 2 aliphatic rings. The first-order valence-corrected chi connectivity index (χ1v) is 12.5. The van der Waals surface area contributed by atoms with Crippen LogP contribution in [0.15, 0.2) is 42.0 Å². The quantitative estimate of drug-likeness (QED) is 0.316. The second-order valence-electron chi connectivity index (χ2n) is 9.26. The number of quaternary nitrogens is 1. The van der Waals surface area contributed by atoms with Gasteiger partial charge in [0, 0.05) is 23.6 Å². The molecule has 0 radical (unpaired) electrons. The Kier molecular flexibility index (Phi) is 7.54. The molecule has 0 bridgehead atoms. The van der Waals surface area contributed by atoms with Crippen molar-refractivity contribution in [2.45, 2.75) is 39.3 Å². The summed E-state index contributed by atoms with van der Waals surface area (Å²) in [4.78, 5) is 29.6. The summed E-state index contributed by atoms with van der Waals surface area (Å²) in [6.07, 6.45) is 0.766. The molecule has 0 unspecified atom stereocenters. The summed E-state index contributed by atoms with van der Waals surface area (Å²) in [5.41, 5.74) is 2.12. The van der Waals surface area contributed by atoms with Crippen LogP contribution in [0.5, 0.6) is 17.2 Å². The van der Waals surface area contributed by atoms with E-state index in [1.54, 1.807) is 42.3 Å². The molecule has 2 atom stereocenters. The van der Waals surface area contributed by atoms with Crippen LogP contribution in [0.25, 0.3) is 5.76 Å². The summed E-state index contributed by atoms with van der Waals surface area (Å²) in [6.45, 7) is 9.04. The van der Waals surface area contributed by atoms with Crippen molar-refractivity contribution in [2.75, 3.05) is 40.4 Å². The van der Waals surface area contributed by atoms with Crippen molar-refractivity contribution in [3.8, 4) is 17.2 Å². The van der Waals surface area contributed by atoms with Crippen LogP contribution in [0, 0.1) is 0 Å². The standard InChI is InChI=1S/C28H34N2O6/c1-6-29(7-2)12-13-30-25(21-10-9-20(34-4)16-23(21)35-5)24(27(32)28(30)33)26(31)18-8-11-22-19(15-18)14-17(3)36-22/h8-11,15-17,25,31H,6-7,12-14H2,1-5H3/p+1/t17-,25+/m1/s1. The maximum Gasteiger partial charge on any atom is 0.295 e. The highest BCUT2D eigenvalue weighted by molar-refractivity contribution is 6.46. The maximum atomic E-state index is 13.4. The number of fused-ring (bicyclic) bond motifs is 1. The average Bonchev–Trinajstić information content (AvgIpc) is 3.39. The van der Waals surface area contributed by atoms with Crippen molar-refractivity contribution in [1.29, 1.82) is 0 Å². The summed E-state index contributed by atoms with van der Waals surface area (Å²) < 4.78 is 16.8. The zero-order valence-corrected chi connectivity index (χ0v) is 21.6. The topological polar surface area (TPSA) is 89.7 Å². The Hall–Kier alpha value is -3.52. The van der Waals surface area contributed by atoms with Crippen LogP contribution in [0.4, 0.5) is 0 Å². The predicted octanol–water partition coefficient (Wildman–Crippen LogP) is 2.37. The first kappa shape index (κ1) is 25.6.